The van der Waals surface area contributed by atoms with Gasteiger partial charge in [-0.25, -0.2) is 4.39 Å². The van der Waals surface area contributed by atoms with E-state index in [1.54, 1.807) is 26.4 Å². The van der Waals surface area contributed by atoms with E-state index < -0.39 is 0 Å². The molecule has 0 aliphatic carbocycles. The number of rotatable bonds is 9. The van der Waals surface area contributed by atoms with E-state index in [-0.39, 0.29) is 29.6 Å². The summed E-state index contributed by atoms with van der Waals surface area (Å²) in [7, 11) is 3.32. The fraction of sp³-hybridized carbons (Fsp3) is 0.500. The van der Waals surface area contributed by atoms with Gasteiger partial charge in [0.05, 0.1) is 20.3 Å². The number of nitrogens with one attached hydrogen (secondary N) is 1. The topological polar surface area (TPSA) is 50.8 Å². The highest BCUT2D eigenvalue weighted by molar-refractivity contribution is 5.79. The maximum atomic E-state index is 13.3. The van der Waals surface area contributed by atoms with Crippen LogP contribution in [0.25, 0.3) is 0 Å². The number of ether oxygens (including phenoxy) is 2. The molecule has 1 heterocycles. The average Bonchev–Trinajstić information content (AvgIpc) is 2.81. The molecule has 2 aromatic rings. The van der Waals surface area contributed by atoms with Crippen LogP contribution in [-0.2, 0) is 11.2 Å². The molecule has 0 aromatic heterocycles. The molecule has 1 N–H and O–H groups in total. The first kappa shape index (κ1) is 24.1. The average molecular weight is 443 g/mol. The van der Waals surface area contributed by atoms with Crippen LogP contribution in [0.3, 0.4) is 0 Å². The van der Waals surface area contributed by atoms with Crippen LogP contribution in [0.4, 0.5) is 4.39 Å². The number of halogens is 1. The van der Waals surface area contributed by atoms with Gasteiger partial charge in [-0.05, 0) is 67.6 Å². The lowest BCUT2D eigenvalue weighted by Crippen LogP contribution is -2.43. The molecule has 0 unspecified atom stereocenters. The third-order valence-electron chi connectivity index (χ3n) is 6.33. The first-order chi connectivity index (χ1) is 15.4. The van der Waals surface area contributed by atoms with Crippen molar-refractivity contribution in [1.29, 1.82) is 0 Å². The molecule has 6 heteroatoms. The Morgan fingerprint density at radius 2 is 1.78 bits per heavy atom. The van der Waals surface area contributed by atoms with E-state index >= 15 is 0 Å². The number of carbonyl (C=O) groups is 1. The van der Waals surface area contributed by atoms with Crippen molar-refractivity contribution in [2.45, 2.75) is 39.2 Å². The summed E-state index contributed by atoms with van der Waals surface area (Å²) in [5.41, 5.74) is 2.07. The molecular formula is C26H35FN2O3. The molecule has 1 amide bonds. The summed E-state index contributed by atoms with van der Waals surface area (Å²) in [6.07, 6.45) is 2.56. The molecule has 5 nitrogen and oxygen atoms in total. The molecule has 0 spiro atoms. The minimum Gasteiger partial charge on any atom is -0.493 e. The van der Waals surface area contributed by atoms with Gasteiger partial charge in [-0.2, -0.15) is 0 Å². The molecule has 0 saturated carbocycles. The number of nitrogens with zero attached hydrogens (tertiary/aromatic N) is 1. The molecule has 1 atom stereocenters. The number of hydrogen-bond donors (Lipinski definition) is 1. The van der Waals surface area contributed by atoms with E-state index in [0.717, 1.165) is 61.5 Å². The fourth-order valence-electron chi connectivity index (χ4n) is 4.42. The van der Waals surface area contributed by atoms with Crippen molar-refractivity contribution in [3.05, 3.63) is 59.4 Å². The van der Waals surface area contributed by atoms with Crippen molar-refractivity contribution in [1.82, 2.24) is 10.2 Å². The lowest BCUT2D eigenvalue weighted by atomic mass is 9.92. The molecular weight excluding hydrogens is 407 g/mol. The zero-order valence-electron chi connectivity index (χ0n) is 19.6. The predicted octanol–water partition coefficient (Wildman–Crippen LogP) is 4.61. The molecule has 32 heavy (non-hydrogen) atoms. The Labute approximate surface area is 190 Å². The zero-order chi connectivity index (χ0) is 23.1. The molecule has 2 aromatic carbocycles. The van der Waals surface area contributed by atoms with Gasteiger partial charge in [-0.15, -0.1) is 0 Å². The molecule has 1 fully saturated rings. The Balaban J connectivity index is 1.52. The van der Waals surface area contributed by atoms with Crippen molar-refractivity contribution < 1.29 is 18.7 Å². The summed E-state index contributed by atoms with van der Waals surface area (Å²) >= 11 is 0. The summed E-state index contributed by atoms with van der Waals surface area (Å²) in [4.78, 5) is 15.4. The molecule has 1 aliphatic heterocycles. The highest BCUT2D eigenvalue weighted by atomic mass is 19.1. The summed E-state index contributed by atoms with van der Waals surface area (Å²) in [6.45, 7) is 6.86. The zero-order valence-corrected chi connectivity index (χ0v) is 19.6. The minimum absolute atomic E-state index is 0.0132. The monoisotopic (exact) mass is 442 g/mol. The number of amides is 1. The second kappa shape index (κ2) is 11.3. The Morgan fingerprint density at radius 3 is 2.38 bits per heavy atom. The van der Waals surface area contributed by atoms with Gasteiger partial charge in [-0.1, -0.05) is 38.1 Å². The SMILES string of the molecule is COc1cccc(CCN2CCC(C(=O)N[C@@H](c3ccc(F)cc3)C(C)C)CC2)c1OC. The van der Waals surface area contributed by atoms with Crippen LogP contribution in [-0.4, -0.2) is 44.7 Å². The Bertz CT molecular complexity index is 877. The summed E-state index contributed by atoms with van der Waals surface area (Å²) in [6, 6.07) is 12.3. The second-order valence-electron chi connectivity index (χ2n) is 8.80. The molecule has 1 saturated heterocycles. The number of methoxy groups -OCH3 is 2. The Hall–Kier alpha value is -2.60. The molecule has 1 aliphatic rings. The van der Waals surface area contributed by atoms with Gasteiger partial charge in [-0.3, -0.25) is 4.79 Å². The number of likely N-dealkylation sites (tertiary alicyclic amines) is 1. The molecule has 0 bridgehead atoms. The Kier molecular flexibility index (Phi) is 8.51. The summed E-state index contributed by atoms with van der Waals surface area (Å²) in [5, 5.41) is 3.21. The van der Waals surface area contributed by atoms with Crippen molar-refractivity contribution in [2.75, 3.05) is 33.9 Å². The van der Waals surface area contributed by atoms with E-state index in [4.69, 9.17) is 9.47 Å². The van der Waals surface area contributed by atoms with E-state index in [0.29, 0.717) is 0 Å². The van der Waals surface area contributed by atoms with E-state index in [2.05, 4.69) is 30.1 Å². The van der Waals surface area contributed by atoms with Crippen LogP contribution >= 0.6 is 0 Å². The number of carbonyl (C=O) groups excluding carboxylic acids is 1. The molecule has 174 valence electrons. The third-order valence-corrected chi connectivity index (χ3v) is 6.33. The van der Waals surface area contributed by atoms with Crippen molar-refractivity contribution >= 4 is 5.91 Å². The maximum Gasteiger partial charge on any atom is 0.223 e. The van der Waals surface area contributed by atoms with Crippen LogP contribution in [0.5, 0.6) is 11.5 Å². The van der Waals surface area contributed by atoms with Crippen LogP contribution in [0.1, 0.15) is 43.9 Å². The summed E-state index contributed by atoms with van der Waals surface area (Å²) < 4.78 is 24.2. The van der Waals surface area contributed by atoms with Gasteiger partial charge in [0.25, 0.3) is 0 Å². The standard InChI is InChI=1S/C26H35FN2O3/c1-18(2)24(19-8-10-22(27)11-9-19)28-26(30)21-13-16-29(17-14-21)15-12-20-6-5-7-23(31-3)25(20)32-4/h5-11,18,21,24H,12-17H2,1-4H3,(H,28,30)/t24-/m1/s1. The number of benzene rings is 2. The van der Waals surface area contributed by atoms with Gasteiger partial charge in [0.1, 0.15) is 5.82 Å². The number of hydrogen-bond acceptors (Lipinski definition) is 4. The summed E-state index contributed by atoms with van der Waals surface area (Å²) in [5.74, 6) is 1.62. The van der Waals surface area contributed by atoms with Gasteiger partial charge < -0.3 is 19.7 Å². The lowest BCUT2D eigenvalue weighted by molar-refractivity contribution is -0.127. The van der Waals surface area contributed by atoms with Crippen LogP contribution in [0.2, 0.25) is 0 Å². The van der Waals surface area contributed by atoms with Crippen molar-refractivity contribution in [3.63, 3.8) is 0 Å². The van der Waals surface area contributed by atoms with Crippen LogP contribution in [0.15, 0.2) is 42.5 Å². The van der Waals surface area contributed by atoms with Crippen LogP contribution in [0, 0.1) is 17.7 Å². The smallest absolute Gasteiger partial charge is 0.223 e. The second-order valence-corrected chi connectivity index (χ2v) is 8.80. The van der Waals surface area contributed by atoms with E-state index in [1.165, 1.54) is 12.1 Å². The number of piperidine rings is 1. The lowest BCUT2D eigenvalue weighted by Gasteiger charge is -2.33. The van der Waals surface area contributed by atoms with Gasteiger partial charge in [0.2, 0.25) is 5.91 Å². The predicted molar refractivity (Wildman–Crippen MR) is 125 cm³/mol. The molecule has 0 radical (unpaired) electrons. The highest BCUT2D eigenvalue weighted by Crippen LogP contribution is 2.31. The Morgan fingerprint density at radius 1 is 1.09 bits per heavy atom. The maximum absolute atomic E-state index is 13.3. The van der Waals surface area contributed by atoms with Crippen molar-refractivity contribution in [3.8, 4) is 11.5 Å². The van der Waals surface area contributed by atoms with E-state index in [9.17, 15) is 9.18 Å². The van der Waals surface area contributed by atoms with Crippen LogP contribution < -0.4 is 14.8 Å². The number of para-hydroxylation sites is 1. The van der Waals surface area contributed by atoms with Gasteiger partial charge >= 0.3 is 0 Å². The quantitative estimate of drug-likeness (QED) is 0.616. The first-order valence-corrected chi connectivity index (χ1v) is 11.4. The molecule has 3 rings (SSSR count). The first-order valence-electron chi connectivity index (χ1n) is 11.4. The fourth-order valence-corrected chi connectivity index (χ4v) is 4.42. The normalized spacial score (nSPS) is 16.1. The van der Waals surface area contributed by atoms with Gasteiger partial charge in [0, 0.05) is 12.5 Å². The van der Waals surface area contributed by atoms with E-state index in [1.807, 2.05) is 12.1 Å². The van der Waals surface area contributed by atoms with Crippen molar-refractivity contribution in [2.24, 2.45) is 11.8 Å². The van der Waals surface area contributed by atoms with Gasteiger partial charge in [0.15, 0.2) is 11.5 Å². The third kappa shape index (κ3) is 6.00. The highest BCUT2D eigenvalue weighted by Gasteiger charge is 2.28. The largest absolute Gasteiger partial charge is 0.493 e. The minimum atomic E-state index is -0.262.